The number of amides is 2. The van der Waals surface area contributed by atoms with Crippen molar-refractivity contribution in [1.29, 1.82) is 0 Å². The largest absolute Gasteiger partial charge is 0.449 e. The summed E-state index contributed by atoms with van der Waals surface area (Å²) in [4.78, 5) is 25.3. The third kappa shape index (κ3) is 1.87. The molecule has 0 radical (unpaired) electrons. The monoisotopic (exact) mass is 279 g/mol. The van der Waals surface area contributed by atoms with Crippen LogP contribution < -0.4 is 0 Å². The van der Waals surface area contributed by atoms with Crippen molar-refractivity contribution in [1.82, 2.24) is 4.90 Å². The minimum atomic E-state index is -1.01. The lowest BCUT2D eigenvalue weighted by molar-refractivity contribution is -0.287. The van der Waals surface area contributed by atoms with Crippen molar-refractivity contribution in [3.8, 4) is 0 Å². The van der Waals surface area contributed by atoms with Gasteiger partial charge in [0.1, 0.15) is 5.82 Å². The molecule has 1 aromatic rings. The van der Waals surface area contributed by atoms with Crippen LogP contribution in [0.2, 0.25) is 0 Å². The predicted molar refractivity (Wildman–Crippen MR) is 62.8 cm³/mol. The van der Waals surface area contributed by atoms with Crippen LogP contribution in [-0.4, -0.2) is 36.5 Å². The van der Waals surface area contributed by atoms with Crippen LogP contribution in [0, 0.1) is 5.82 Å². The molecule has 2 aliphatic rings. The zero-order chi connectivity index (χ0) is 14.3. The minimum Gasteiger partial charge on any atom is -0.449 e. The number of hydrogen-bond acceptors (Lipinski definition) is 5. The standard InChI is InChI=1S/C13H10FNO5/c1-18-13-19-5-4-10(20-13)15-11(16)8-3-2-7(14)6-9(8)12(15)17/h2-6,10,13H,1H3. The lowest BCUT2D eigenvalue weighted by Gasteiger charge is -2.29. The molecule has 2 atom stereocenters. The number of benzene rings is 1. The van der Waals surface area contributed by atoms with E-state index in [2.05, 4.69) is 0 Å². The number of carbonyl (C=O) groups excluding carboxylic acids is 2. The molecular weight excluding hydrogens is 269 g/mol. The normalized spacial score (nSPS) is 24.8. The summed E-state index contributed by atoms with van der Waals surface area (Å²) in [5, 5.41) is 0. The maximum absolute atomic E-state index is 13.2. The van der Waals surface area contributed by atoms with E-state index in [1.165, 1.54) is 25.5 Å². The summed E-state index contributed by atoms with van der Waals surface area (Å²) in [7, 11) is 1.36. The summed E-state index contributed by atoms with van der Waals surface area (Å²) in [6.07, 6.45) is 1.73. The van der Waals surface area contributed by atoms with E-state index >= 15 is 0 Å². The lowest BCUT2D eigenvalue weighted by Crippen LogP contribution is -2.44. The fraction of sp³-hybridized carbons (Fsp3) is 0.231. The Morgan fingerprint density at radius 3 is 2.75 bits per heavy atom. The molecule has 0 saturated carbocycles. The van der Waals surface area contributed by atoms with Crippen molar-refractivity contribution in [2.24, 2.45) is 0 Å². The number of methoxy groups -OCH3 is 1. The van der Waals surface area contributed by atoms with Gasteiger partial charge in [0, 0.05) is 13.2 Å². The number of nitrogens with zero attached hydrogens (tertiary/aromatic N) is 1. The van der Waals surface area contributed by atoms with Gasteiger partial charge in [0.15, 0.2) is 6.23 Å². The number of halogens is 1. The highest BCUT2D eigenvalue weighted by Gasteiger charge is 2.41. The number of hydrogen-bond donors (Lipinski definition) is 0. The molecule has 6 nitrogen and oxygen atoms in total. The molecule has 20 heavy (non-hydrogen) atoms. The highest BCUT2D eigenvalue weighted by atomic mass is 19.1. The van der Waals surface area contributed by atoms with Gasteiger partial charge in [-0.2, -0.15) is 0 Å². The second kappa shape index (κ2) is 4.69. The Hall–Kier alpha value is -2.25. The molecule has 0 N–H and O–H groups in total. The molecule has 0 saturated heterocycles. The molecule has 3 rings (SSSR count). The van der Waals surface area contributed by atoms with Crippen LogP contribution in [0.5, 0.6) is 0 Å². The number of carbonyl (C=O) groups is 2. The van der Waals surface area contributed by atoms with E-state index in [0.29, 0.717) is 0 Å². The van der Waals surface area contributed by atoms with Gasteiger partial charge in [0.25, 0.3) is 11.8 Å². The smallest absolute Gasteiger partial charge is 0.317 e. The third-order valence-corrected chi connectivity index (χ3v) is 3.01. The molecule has 2 aliphatic heterocycles. The molecule has 0 fully saturated rings. The van der Waals surface area contributed by atoms with Crippen molar-refractivity contribution in [2.45, 2.75) is 12.7 Å². The molecule has 2 heterocycles. The van der Waals surface area contributed by atoms with Crippen molar-refractivity contribution >= 4 is 11.8 Å². The SMILES string of the molecule is COC1OC=CC(N2C(=O)c3ccc(F)cc3C2=O)O1. The van der Waals surface area contributed by atoms with Gasteiger partial charge in [-0.05, 0) is 18.2 Å². The third-order valence-electron chi connectivity index (χ3n) is 3.01. The second-order valence-corrected chi connectivity index (χ2v) is 4.19. The molecule has 7 heteroatoms. The fourth-order valence-electron chi connectivity index (χ4n) is 2.09. The predicted octanol–water partition coefficient (Wildman–Crippen LogP) is 1.24. The number of fused-ring (bicyclic) bond motifs is 1. The quantitative estimate of drug-likeness (QED) is 0.762. The minimum absolute atomic E-state index is 0.0208. The molecule has 0 aliphatic carbocycles. The number of rotatable bonds is 2. The van der Waals surface area contributed by atoms with E-state index < -0.39 is 30.3 Å². The summed E-state index contributed by atoms with van der Waals surface area (Å²) >= 11 is 0. The fourth-order valence-corrected chi connectivity index (χ4v) is 2.09. The molecular formula is C13H10FNO5. The first-order chi connectivity index (χ1) is 9.61. The van der Waals surface area contributed by atoms with E-state index in [0.717, 1.165) is 17.0 Å². The topological polar surface area (TPSA) is 65.1 Å². The first-order valence-corrected chi connectivity index (χ1v) is 5.79. The molecule has 2 amide bonds. The van der Waals surface area contributed by atoms with E-state index in [1.54, 1.807) is 0 Å². The highest BCUT2D eigenvalue weighted by Crippen LogP contribution is 2.27. The van der Waals surface area contributed by atoms with Crippen molar-refractivity contribution in [3.63, 3.8) is 0 Å². The van der Waals surface area contributed by atoms with E-state index in [-0.39, 0.29) is 11.1 Å². The Bertz CT molecular complexity index is 615. The van der Waals surface area contributed by atoms with Crippen LogP contribution in [0.1, 0.15) is 20.7 Å². The van der Waals surface area contributed by atoms with Crippen LogP contribution in [0.3, 0.4) is 0 Å². The second-order valence-electron chi connectivity index (χ2n) is 4.19. The molecule has 0 bridgehead atoms. The Balaban J connectivity index is 1.94. The van der Waals surface area contributed by atoms with Crippen LogP contribution in [0.4, 0.5) is 4.39 Å². The van der Waals surface area contributed by atoms with Gasteiger partial charge in [0.2, 0.25) is 0 Å². The van der Waals surface area contributed by atoms with Crippen molar-refractivity contribution in [2.75, 3.05) is 7.11 Å². The summed E-state index contributed by atoms with van der Waals surface area (Å²) in [6, 6.07) is 3.44. The van der Waals surface area contributed by atoms with E-state index in [9.17, 15) is 14.0 Å². The summed E-state index contributed by atoms with van der Waals surface area (Å²) < 4.78 is 28.3. The van der Waals surface area contributed by atoms with Crippen molar-refractivity contribution in [3.05, 3.63) is 47.5 Å². The summed E-state index contributed by atoms with van der Waals surface area (Å²) in [6.45, 7) is -1.01. The van der Waals surface area contributed by atoms with Crippen LogP contribution in [-0.2, 0) is 14.2 Å². The Kier molecular flexibility index (Phi) is 3.00. The van der Waals surface area contributed by atoms with Gasteiger partial charge in [-0.25, -0.2) is 9.29 Å². The van der Waals surface area contributed by atoms with Crippen LogP contribution in [0.25, 0.3) is 0 Å². The lowest BCUT2D eigenvalue weighted by atomic mass is 10.1. The van der Waals surface area contributed by atoms with Crippen LogP contribution in [0.15, 0.2) is 30.5 Å². The first-order valence-electron chi connectivity index (χ1n) is 5.79. The molecule has 2 unspecified atom stereocenters. The Morgan fingerprint density at radius 1 is 1.25 bits per heavy atom. The average Bonchev–Trinajstić information content (AvgIpc) is 2.70. The molecule has 0 spiro atoms. The molecule has 0 aromatic heterocycles. The van der Waals surface area contributed by atoms with E-state index in [1.807, 2.05) is 0 Å². The highest BCUT2D eigenvalue weighted by molar-refractivity contribution is 6.21. The van der Waals surface area contributed by atoms with Gasteiger partial charge in [-0.3, -0.25) is 14.3 Å². The molecule has 1 aromatic carbocycles. The number of imide groups is 1. The maximum Gasteiger partial charge on any atom is 0.317 e. The van der Waals surface area contributed by atoms with Crippen molar-refractivity contribution < 1.29 is 28.2 Å². The maximum atomic E-state index is 13.2. The van der Waals surface area contributed by atoms with Crippen LogP contribution >= 0.6 is 0 Å². The molecule has 104 valence electrons. The zero-order valence-corrected chi connectivity index (χ0v) is 10.4. The number of ether oxygens (including phenoxy) is 3. The van der Waals surface area contributed by atoms with Gasteiger partial charge in [-0.1, -0.05) is 0 Å². The van der Waals surface area contributed by atoms with E-state index in [4.69, 9.17) is 14.2 Å². The summed E-state index contributed by atoms with van der Waals surface area (Å²) in [5.41, 5.74) is 0.168. The summed E-state index contributed by atoms with van der Waals surface area (Å²) in [5.74, 6) is -1.74. The van der Waals surface area contributed by atoms with Gasteiger partial charge < -0.3 is 9.47 Å². The average molecular weight is 279 g/mol. The van der Waals surface area contributed by atoms with Gasteiger partial charge in [-0.15, -0.1) is 0 Å². The zero-order valence-electron chi connectivity index (χ0n) is 10.4. The van der Waals surface area contributed by atoms with Gasteiger partial charge >= 0.3 is 6.48 Å². The Morgan fingerprint density at radius 2 is 2.00 bits per heavy atom. The Labute approximate surface area is 113 Å². The van der Waals surface area contributed by atoms with Gasteiger partial charge in [0.05, 0.1) is 17.4 Å². The first kappa shape index (κ1) is 12.8.